The molecule has 1 aliphatic heterocycles. The monoisotopic (exact) mass is 352 g/mol. The van der Waals surface area contributed by atoms with Crippen molar-refractivity contribution in [1.82, 2.24) is 5.32 Å². The third kappa shape index (κ3) is 2.72. The van der Waals surface area contributed by atoms with Crippen molar-refractivity contribution in [2.24, 2.45) is 0 Å². The topological polar surface area (TPSA) is 58.2 Å². The van der Waals surface area contributed by atoms with Gasteiger partial charge in [0.05, 0.1) is 4.90 Å². The molecule has 2 aromatic rings. The van der Waals surface area contributed by atoms with Crippen molar-refractivity contribution in [3.63, 3.8) is 0 Å². The van der Waals surface area contributed by atoms with E-state index >= 15 is 0 Å². The molecule has 0 aromatic heterocycles. The Bertz CT molecular complexity index is 742. The summed E-state index contributed by atoms with van der Waals surface area (Å²) in [5, 5.41) is 3.20. The van der Waals surface area contributed by atoms with Gasteiger partial charge in [0, 0.05) is 23.2 Å². The van der Waals surface area contributed by atoms with Crippen LogP contribution in [-0.2, 0) is 23.1 Å². The molecule has 0 fully saturated rings. The minimum atomic E-state index is -3.54. The number of halogens is 1. The van der Waals surface area contributed by atoms with E-state index in [0.717, 1.165) is 28.7 Å². The third-order valence-electron chi connectivity index (χ3n) is 3.22. The van der Waals surface area contributed by atoms with Crippen molar-refractivity contribution in [2.45, 2.75) is 18.0 Å². The predicted molar refractivity (Wildman–Crippen MR) is 81.9 cm³/mol. The number of sulfonamides is 1. The molecule has 104 valence electrons. The summed E-state index contributed by atoms with van der Waals surface area (Å²) >= 11 is 3.32. The molecule has 2 N–H and O–H groups in total. The maximum absolute atomic E-state index is 12.3. The minimum absolute atomic E-state index is 0.294. The summed E-state index contributed by atoms with van der Waals surface area (Å²) in [7, 11) is -3.54. The van der Waals surface area contributed by atoms with Gasteiger partial charge >= 0.3 is 0 Å². The Kier molecular flexibility index (Phi) is 3.54. The number of hydrogen-bond donors (Lipinski definition) is 2. The molecule has 1 aliphatic rings. The number of nitrogens with one attached hydrogen (secondary N) is 2. The molecule has 2 aromatic carbocycles. The fourth-order valence-corrected chi connectivity index (χ4v) is 3.54. The maximum atomic E-state index is 12.3. The summed E-state index contributed by atoms with van der Waals surface area (Å²) in [6.45, 7) is 1.52. The van der Waals surface area contributed by atoms with Crippen molar-refractivity contribution in [3.05, 3.63) is 58.1 Å². The lowest BCUT2D eigenvalue weighted by atomic mass is 10.1. The van der Waals surface area contributed by atoms with Gasteiger partial charge in [-0.15, -0.1) is 0 Å². The molecule has 4 nitrogen and oxygen atoms in total. The number of anilines is 1. The lowest BCUT2D eigenvalue weighted by Crippen LogP contribution is -2.13. The average molecular weight is 353 g/mol. The Morgan fingerprint density at radius 2 is 1.70 bits per heavy atom. The van der Waals surface area contributed by atoms with Gasteiger partial charge in [-0.3, -0.25) is 4.72 Å². The predicted octanol–water partition coefficient (Wildman–Crippen LogP) is 2.85. The Hall–Kier alpha value is -1.37. The quantitative estimate of drug-likeness (QED) is 0.892. The molecule has 0 radical (unpaired) electrons. The highest BCUT2D eigenvalue weighted by molar-refractivity contribution is 9.10. The van der Waals surface area contributed by atoms with Gasteiger partial charge in [-0.1, -0.05) is 22.0 Å². The van der Waals surface area contributed by atoms with E-state index in [4.69, 9.17) is 0 Å². The zero-order chi connectivity index (χ0) is 14.2. The first-order valence-electron chi connectivity index (χ1n) is 6.15. The second-order valence-electron chi connectivity index (χ2n) is 4.65. The van der Waals surface area contributed by atoms with E-state index < -0.39 is 10.0 Å². The van der Waals surface area contributed by atoms with Gasteiger partial charge in [0.2, 0.25) is 0 Å². The van der Waals surface area contributed by atoms with Gasteiger partial charge in [-0.05, 0) is 47.5 Å². The van der Waals surface area contributed by atoms with Crippen LogP contribution in [0, 0.1) is 0 Å². The van der Waals surface area contributed by atoms with Gasteiger partial charge < -0.3 is 5.32 Å². The Morgan fingerprint density at radius 1 is 1.00 bits per heavy atom. The molecule has 0 saturated carbocycles. The summed E-state index contributed by atoms with van der Waals surface area (Å²) in [6.07, 6.45) is 0. The van der Waals surface area contributed by atoms with Crippen LogP contribution in [-0.4, -0.2) is 8.42 Å². The smallest absolute Gasteiger partial charge is 0.261 e. The van der Waals surface area contributed by atoms with Crippen LogP contribution in [0.15, 0.2) is 51.8 Å². The van der Waals surface area contributed by atoms with Crippen LogP contribution >= 0.6 is 15.9 Å². The molecular weight excluding hydrogens is 340 g/mol. The Morgan fingerprint density at radius 3 is 2.45 bits per heavy atom. The summed E-state index contributed by atoms with van der Waals surface area (Å²) in [4.78, 5) is 0.294. The van der Waals surface area contributed by atoms with Crippen LogP contribution in [0.2, 0.25) is 0 Å². The first-order chi connectivity index (χ1) is 9.54. The molecule has 3 rings (SSSR count). The Balaban J connectivity index is 1.90. The van der Waals surface area contributed by atoms with Crippen molar-refractivity contribution < 1.29 is 8.42 Å². The number of rotatable bonds is 3. The van der Waals surface area contributed by atoms with Crippen molar-refractivity contribution in [1.29, 1.82) is 0 Å². The second-order valence-corrected chi connectivity index (χ2v) is 7.24. The molecule has 0 saturated heterocycles. The molecule has 0 aliphatic carbocycles. The fraction of sp³-hybridized carbons (Fsp3) is 0.143. The molecule has 0 amide bonds. The van der Waals surface area contributed by atoms with Crippen LogP contribution in [0.4, 0.5) is 5.69 Å². The van der Waals surface area contributed by atoms with Gasteiger partial charge in [0.25, 0.3) is 10.0 Å². The van der Waals surface area contributed by atoms with E-state index in [1.165, 1.54) is 0 Å². The van der Waals surface area contributed by atoms with E-state index in [1.807, 2.05) is 6.07 Å². The summed E-state index contributed by atoms with van der Waals surface area (Å²) in [6, 6.07) is 12.3. The van der Waals surface area contributed by atoms with E-state index in [9.17, 15) is 8.42 Å². The zero-order valence-corrected chi connectivity index (χ0v) is 13.0. The van der Waals surface area contributed by atoms with Crippen LogP contribution < -0.4 is 10.0 Å². The van der Waals surface area contributed by atoms with Crippen LogP contribution in [0.25, 0.3) is 0 Å². The highest BCUT2D eigenvalue weighted by Crippen LogP contribution is 2.22. The number of hydrogen-bond acceptors (Lipinski definition) is 3. The van der Waals surface area contributed by atoms with E-state index in [0.29, 0.717) is 10.6 Å². The molecule has 0 bridgehead atoms. The lowest BCUT2D eigenvalue weighted by Gasteiger charge is -2.09. The van der Waals surface area contributed by atoms with E-state index in [-0.39, 0.29) is 0 Å². The SMILES string of the molecule is O=S(=O)(Nc1ccc(Br)cc1)c1ccc2c(c1)CNC2. The Labute approximate surface area is 126 Å². The normalized spacial score (nSPS) is 14.1. The fourth-order valence-electron chi connectivity index (χ4n) is 2.17. The summed E-state index contributed by atoms with van der Waals surface area (Å²) in [5.41, 5.74) is 2.75. The van der Waals surface area contributed by atoms with Gasteiger partial charge in [-0.25, -0.2) is 8.42 Å². The molecule has 0 unspecified atom stereocenters. The summed E-state index contributed by atoms with van der Waals surface area (Å²) in [5.74, 6) is 0. The maximum Gasteiger partial charge on any atom is 0.261 e. The lowest BCUT2D eigenvalue weighted by molar-refractivity contribution is 0.601. The standard InChI is InChI=1S/C14H13BrN2O2S/c15-12-2-4-13(5-3-12)17-20(18,19)14-6-1-10-8-16-9-11(10)7-14/h1-7,16-17H,8-9H2. The van der Waals surface area contributed by atoms with E-state index in [2.05, 4.69) is 26.0 Å². The largest absolute Gasteiger partial charge is 0.309 e. The van der Waals surface area contributed by atoms with Crippen LogP contribution in [0.5, 0.6) is 0 Å². The van der Waals surface area contributed by atoms with Crippen LogP contribution in [0.3, 0.4) is 0 Å². The molecule has 6 heteroatoms. The molecule has 0 atom stereocenters. The zero-order valence-electron chi connectivity index (χ0n) is 10.6. The van der Waals surface area contributed by atoms with E-state index in [1.54, 1.807) is 36.4 Å². The van der Waals surface area contributed by atoms with Crippen molar-refractivity contribution in [2.75, 3.05) is 4.72 Å². The van der Waals surface area contributed by atoms with Gasteiger partial charge in [0.15, 0.2) is 0 Å². The third-order valence-corrected chi connectivity index (χ3v) is 5.12. The average Bonchev–Trinajstić information content (AvgIpc) is 2.88. The van der Waals surface area contributed by atoms with Crippen molar-refractivity contribution >= 4 is 31.6 Å². The number of fused-ring (bicyclic) bond motifs is 1. The summed E-state index contributed by atoms with van der Waals surface area (Å²) < 4.78 is 28.2. The second kappa shape index (κ2) is 5.20. The van der Waals surface area contributed by atoms with Crippen LogP contribution in [0.1, 0.15) is 11.1 Å². The first kappa shape index (κ1) is 13.6. The first-order valence-corrected chi connectivity index (χ1v) is 8.43. The minimum Gasteiger partial charge on any atom is -0.309 e. The van der Waals surface area contributed by atoms with Gasteiger partial charge in [-0.2, -0.15) is 0 Å². The highest BCUT2D eigenvalue weighted by Gasteiger charge is 2.18. The molecule has 0 spiro atoms. The highest BCUT2D eigenvalue weighted by atomic mass is 79.9. The van der Waals surface area contributed by atoms with Crippen molar-refractivity contribution in [3.8, 4) is 0 Å². The van der Waals surface area contributed by atoms with Gasteiger partial charge in [0.1, 0.15) is 0 Å². The molecular formula is C14H13BrN2O2S. The molecule has 20 heavy (non-hydrogen) atoms. The number of benzene rings is 2. The molecule has 1 heterocycles.